The number of hydrogen-bond donors (Lipinski definition) is 1. The van der Waals surface area contributed by atoms with Crippen LogP contribution in [0.25, 0.3) is 0 Å². The first kappa shape index (κ1) is 22.1. The van der Waals surface area contributed by atoms with Crippen LogP contribution in [0.2, 0.25) is 0 Å². The maximum absolute atomic E-state index is 6.37. The highest BCUT2D eigenvalue weighted by molar-refractivity contribution is 5.85. The number of nitrogens with zero attached hydrogens (tertiary/aromatic N) is 1. The molecule has 7 heteroatoms. The van der Waals surface area contributed by atoms with Gasteiger partial charge < -0.3 is 24.3 Å². The molecule has 0 aromatic heterocycles. The Labute approximate surface area is 190 Å². The highest BCUT2D eigenvalue weighted by Gasteiger charge is 2.30. The number of halogens is 1. The lowest BCUT2D eigenvalue weighted by Gasteiger charge is -2.38. The van der Waals surface area contributed by atoms with Crippen LogP contribution in [0.15, 0.2) is 36.4 Å². The van der Waals surface area contributed by atoms with Crippen LogP contribution < -0.4 is 24.3 Å². The molecule has 3 aliphatic rings. The number of hydrogen-bond acceptors (Lipinski definition) is 6. The van der Waals surface area contributed by atoms with Gasteiger partial charge in [0.1, 0.15) is 18.5 Å². The molecule has 6 nitrogen and oxygen atoms in total. The molecule has 1 atom stereocenters. The van der Waals surface area contributed by atoms with E-state index in [0.717, 1.165) is 69.3 Å². The summed E-state index contributed by atoms with van der Waals surface area (Å²) in [5.41, 5.74) is 2.60. The zero-order chi connectivity index (χ0) is 20.3. The van der Waals surface area contributed by atoms with Gasteiger partial charge in [-0.25, -0.2) is 0 Å². The molecular weight excluding hydrogens is 416 g/mol. The summed E-state index contributed by atoms with van der Waals surface area (Å²) in [6.45, 7) is 5.13. The molecule has 1 N–H and O–H groups in total. The molecule has 1 unspecified atom stereocenters. The van der Waals surface area contributed by atoms with E-state index < -0.39 is 0 Å². The number of para-hydroxylation sites is 2. The molecule has 2 aromatic rings. The van der Waals surface area contributed by atoms with Crippen LogP contribution in [0.1, 0.15) is 24.0 Å². The zero-order valence-electron chi connectivity index (χ0n) is 18.0. The third-order valence-corrected chi connectivity index (χ3v) is 6.30. The Kier molecular flexibility index (Phi) is 7.10. The maximum atomic E-state index is 6.37. The van der Waals surface area contributed by atoms with E-state index in [1.54, 1.807) is 7.11 Å². The third kappa shape index (κ3) is 4.71. The number of nitrogens with one attached hydrogen (secondary N) is 1. The van der Waals surface area contributed by atoms with Crippen molar-refractivity contribution in [1.29, 1.82) is 0 Å². The Balaban J connectivity index is 0.00000231. The zero-order valence-corrected chi connectivity index (χ0v) is 18.8. The van der Waals surface area contributed by atoms with Crippen molar-refractivity contribution in [1.82, 2.24) is 10.2 Å². The highest BCUT2D eigenvalue weighted by Crippen LogP contribution is 2.40. The quantitative estimate of drug-likeness (QED) is 0.733. The molecular formula is C24H31ClN2O4. The topological polar surface area (TPSA) is 52.2 Å². The number of benzene rings is 2. The second-order valence-corrected chi connectivity index (χ2v) is 8.25. The van der Waals surface area contributed by atoms with Gasteiger partial charge in [-0.2, -0.15) is 0 Å². The molecule has 31 heavy (non-hydrogen) atoms. The minimum absolute atomic E-state index is 0. The molecule has 3 heterocycles. The van der Waals surface area contributed by atoms with Crippen molar-refractivity contribution in [2.24, 2.45) is 0 Å². The second-order valence-electron chi connectivity index (χ2n) is 8.25. The average molecular weight is 447 g/mol. The lowest BCUT2D eigenvalue weighted by molar-refractivity contribution is 0.0336. The van der Waals surface area contributed by atoms with Gasteiger partial charge in [0.2, 0.25) is 5.75 Å². The molecule has 0 aliphatic carbocycles. The minimum atomic E-state index is -0.0404. The molecule has 0 amide bonds. The Hall–Kier alpha value is -2.15. The first-order valence-corrected chi connectivity index (χ1v) is 11.0. The number of piperidine rings is 1. The third-order valence-electron chi connectivity index (χ3n) is 6.30. The van der Waals surface area contributed by atoms with E-state index in [4.69, 9.17) is 18.9 Å². The summed E-state index contributed by atoms with van der Waals surface area (Å²) in [4.78, 5) is 2.56. The van der Waals surface area contributed by atoms with E-state index >= 15 is 0 Å². The van der Waals surface area contributed by atoms with Crippen molar-refractivity contribution < 1.29 is 18.9 Å². The lowest BCUT2D eigenvalue weighted by atomic mass is 10.0. The van der Waals surface area contributed by atoms with Crippen LogP contribution in [-0.2, 0) is 13.0 Å². The van der Waals surface area contributed by atoms with Crippen molar-refractivity contribution in [3.05, 3.63) is 47.5 Å². The summed E-state index contributed by atoms with van der Waals surface area (Å²) >= 11 is 0. The fourth-order valence-electron chi connectivity index (χ4n) is 4.76. The maximum Gasteiger partial charge on any atom is 0.204 e. The van der Waals surface area contributed by atoms with Crippen molar-refractivity contribution in [3.63, 3.8) is 0 Å². The number of rotatable bonds is 6. The van der Waals surface area contributed by atoms with Gasteiger partial charge in [-0.3, -0.25) is 4.90 Å². The Morgan fingerprint density at radius 3 is 2.74 bits per heavy atom. The van der Waals surface area contributed by atoms with Crippen molar-refractivity contribution in [3.8, 4) is 23.0 Å². The summed E-state index contributed by atoms with van der Waals surface area (Å²) in [5, 5.41) is 3.48. The molecule has 0 spiro atoms. The van der Waals surface area contributed by atoms with Crippen molar-refractivity contribution in [2.75, 3.05) is 40.0 Å². The fourth-order valence-corrected chi connectivity index (χ4v) is 4.76. The predicted octanol–water partition coefficient (Wildman–Crippen LogP) is 3.45. The van der Waals surface area contributed by atoms with Gasteiger partial charge in [-0.15, -0.1) is 12.4 Å². The SMILES string of the molecule is COc1cccc2c1OC(CN(Cc1cccc3c1OCC3)C1CCNCC1)CO2.Cl. The first-order chi connectivity index (χ1) is 14.8. The Morgan fingerprint density at radius 1 is 1.06 bits per heavy atom. The normalized spacial score (nSPS) is 20.0. The van der Waals surface area contributed by atoms with Crippen LogP contribution in [0, 0.1) is 0 Å². The van der Waals surface area contributed by atoms with Gasteiger partial charge in [0.15, 0.2) is 11.5 Å². The summed E-state index contributed by atoms with van der Waals surface area (Å²) in [6.07, 6.45) is 3.25. The molecule has 2 aromatic carbocycles. The average Bonchev–Trinajstić information content (AvgIpc) is 3.29. The number of methoxy groups -OCH3 is 1. The van der Waals surface area contributed by atoms with Gasteiger partial charge in [-0.1, -0.05) is 24.3 Å². The van der Waals surface area contributed by atoms with E-state index in [0.29, 0.717) is 18.4 Å². The van der Waals surface area contributed by atoms with Crippen LogP contribution in [0.5, 0.6) is 23.0 Å². The van der Waals surface area contributed by atoms with Crippen LogP contribution >= 0.6 is 12.4 Å². The fraction of sp³-hybridized carbons (Fsp3) is 0.500. The molecule has 0 bridgehead atoms. The van der Waals surface area contributed by atoms with E-state index in [1.165, 1.54) is 11.1 Å². The summed E-state index contributed by atoms with van der Waals surface area (Å²) in [6, 6.07) is 12.8. The van der Waals surface area contributed by atoms with Gasteiger partial charge in [-0.05, 0) is 43.6 Å². The number of fused-ring (bicyclic) bond motifs is 2. The molecule has 0 radical (unpaired) electrons. The molecule has 5 rings (SSSR count). The van der Waals surface area contributed by atoms with Gasteiger partial charge in [0.25, 0.3) is 0 Å². The molecule has 3 aliphatic heterocycles. The molecule has 0 saturated carbocycles. The molecule has 1 fully saturated rings. The van der Waals surface area contributed by atoms with Gasteiger partial charge in [0, 0.05) is 31.1 Å². The van der Waals surface area contributed by atoms with E-state index in [9.17, 15) is 0 Å². The lowest BCUT2D eigenvalue weighted by Crippen LogP contribution is -2.48. The van der Waals surface area contributed by atoms with Crippen LogP contribution in [0.4, 0.5) is 0 Å². The smallest absolute Gasteiger partial charge is 0.204 e. The predicted molar refractivity (Wildman–Crippen MR) is 122 cm³/mol. The highest BCUT2D eigenvalue weighted by atomic mass is 35.5. The van der Waals surface area contributed by atoms with E-state index in [1.807, 2.05) is 18.2 Å². The minimum Gasteiger partial charge on any atom is -0.493 e. The van der Waals surface area contributed by atoms with Gasteiger partial charge in [0.05, 0.1) is 13.7 Å². The van der Waals surface area contributed by atoms with E-state index in [-0.39, 0.29) is 18.5 Å². The largest absolute Gasteiger partial charge is 0.493 e. The van der Waals surface area contributed by atoms with Gasteiger partial charge >= 0.3 is 0 Å². The summed E-state index contributed by atoms with van der Waals surface area (Å²) in [5.74, 6) is 3.28. The van der Waals surface area contributed by atoms with E-state index in [2.05, 4.69) is 28.4 Å². The van der Waals surface area contributed by atoms with Crippen LogP contribution in [0.3, 0.4) is 0 Å². The van der Waals surface area contributed by atoms with Crippen molar-refractivity contribution >= 4 is 12.4 Å². The van der Waals surface area contributed by atoms with Crippen LogP contribution in [-0.4, -0.2) is 57.0 Å². The molecule has 168 valence electrons. The summed E-state index contributed by atoms with van der Waals surface area (Å²) < 4.78 is 23.8. The van der Waals surface area contributed by atoms with Crippen molar-refractivity contribution in [2.45, 2.75) is 38.0 Å². The standard InChI is InChI=1S/C24H30N2O4.ClH/c1-27-21-6-3-7-22-24(21)30-20(16-29-22)15-26(19-8-11-25-12-9-19)14-18-5-2-4-17-10-13-28-23(17)18;/h2-7,19-20,25H,8-16H2,1H3;1H. The first-order valence-electron chi connectivity index (χ1n) is 11.0. The monoisotopic (exact) mass is 446 g/mol. The summed E-state index contributed by atoms with van der Waals surface area (Å²) in [7, 11) is 1.67. The second kappa shape index (κ2) is 9.98. The Bertz CT molecular complexity index is 874. The Morgan fingerprint density at radius 2 is 1.90 bits per heavy atom. The molecule has 1 saturated heterocycles. The number of ether oxygens (including phenoxy) is 4.